The summed E-state index contributed by atoms with van der Waals surface area (Å²) >= 11 is 0. The maximum atomic E-state index is 10.5. The Balaban J connectivity index is 3.35. The van der Waals surface area contributed by atoms with Gasteiger partial charge in [-0.1, -0.05) is 0 Å². The van der Waals surface area contributed by atoms with Gasteiger partial charge in [0.1, 0.15) is 0 Å². The van der Waals surface area contributed by atoms with Crippen molar-refractivity contribution in [2.24, 2.45) is 0 Å². The van der Waals surface area contributed by atoms with Crippen molar-refractivity contribution in [2.45, 2.75) is 0 Å². The molecule has 0 saturated carbocycles. The van der Waals surface area contributed by atoms with Crippen LogP contribution in [-0.2, 0) is 0 Å². The molecule has 0 aliphatic heterocycles. The van der Waals surface area contributed by atoms with E-state index in [-0.39, 0.29) is 17.5 Å². The molecule has 0 amide bonds. The van der Waals surface area contributed by atoms with Gasteiger partial charge in [-0.2, -0.15) is 0 Å². The van der Waals surface area contributed by atoms with E-state index in [1.54, 1.807) is 0 Å². The van der Waals surface area contributed by atoms with Gasteiger partial charge in [-0.15, -0.1) is 0 Å². The average Bonchev–Trinajstić information content (AvgIpc) is 2.26. The van der Waals surface area contributed by atoms with Crippen LogP contribution < -0.4 is 14.2 Å². The van der Waals surface area contributed by atoms with E-state index in [1.165, 1.54) is 21.3 Å². The molecular formula is C7H9N3O5. The molecule has 0 spiro atoms. The van der Waals surface area contributed by atoms with Crippen molar-refractivity contribution in [2.75, 3.05) is 21.3 Å². The molecule has 8 heteroatoms. The molecule has 0 bridgehead atoms. The molecule has 1 heterocycles. The summed E-state index contributed by atoms with van der Waals surface area (Å²) in [4.78, 5) is 16.8. The number of methoxy groups -OCH3 is 3. The highest BCUT2D eigenvalue weighted by atomic mass is 16.6. The summed E-state index contributed by atoms with van der Waals surface area (Å²) in [5, 5.41) is 10.5. The summed E-state index contributed by atoms with van der Waals surface area (Å²) < 4.78 is 14.5. The quantitative estimate of drug-likeness (QED) is 0.530. The highest BCUT2D eigenvalue weighted by Crippen LogP contribution is 2.34. The van der Waals surface area contributed by atoms with E-state index < -0.39 is 10.9 Å². The fourth-order valence-corrected chi connectivity index (χ4v) is 0.933. The van der Waals surface area contributed by atoms with Gasteiger partial charge in [0.05, 0.1) is 21.3 Å². The van der Waals surface area contributed by atoms with Crippen molar-refractivity contribution in [1.82, 2.24) is 9.97 Å². The third-order valence-corrected chi connectivity index (χ3v) is 1.55. The van der Waals surface area contributed by atoms with E-state index in [2.05, 4.69) is 9.97 Å². The van der Waals surface area contributed by atoms with E-state index in [1.807, 2.05) is 0 Å². The molecule has 1 aromatic rings. The first kappa shape index (κ1) is 11.0. The molecule has 0 aromatic carbocycles. The van der Waals surface area contributed by atoms with E-state index in [0.29, 0.717) is 0 Å². The Bertz CT molecular complexity index is 356. The van der Waals surface area contributed by atoms with Crippen molar-refractivity contribution in [1.29, 1.82) is 0 Å². The lowest BCUT2D eigenvalue weighted by Crippen LogP contribution is -2.03. The zero-order chi connectivity index (χ0) is 11.4. The molecule has 15 heavy (non-hydrogen) atoms. The summed E-state index contributed by atoms with van der Waals surface area (Å²) in [6.45, 7) is 0. The number of hydrogen-bond donors (Lipinski definition) is 0. The van der Waals surface area contributed by atoms with Crippen LogP contribution in [-0.4, -0.2) is 36.2 Å². The molecule has 0 N–H and O–H groups in total. The molecule has 0 fully saturated rings. The molecule has 82 valence electrons. The lowest BCUT2D eigenvalue weighted by atomic mass is 10.5. The first-order valence-corrected chi connectivity index (χ1v) is 3.82. The second kappa shape index (κ2) is 4.40. The van der Waals surface area contributed by atoms with Crippen LogP contribution in [0.5, 0.6) is 17.5 Å². The predicted octanol–water partition coefficient (Wildman–Crippen LogP) is 0.411. The van der Waals surface area contributed by atoms with Gasteiger partial charge in [0.15, 0.2) is 0 Å². The maximum Gasteiger partial charge on any atom is 0.476 e. The van der Waals surface area contributed by atoms with Gasteiger partial charge in [0.25, 0.3) is 5.75 Å². The average molecular weight is 215 g/mol. The van der Waals surface area contributed by atoms with Gasteiger partial charge in [-0.05, 0) is 14.9 Å². The summed E-state index contributed by atoms with van der Waals surface area (Å²) in [5.74, 6) is -0.581. The zero-order valence-corrected chi connectivity index (χ0v) is 8.38. The second-order valence-electron chi connectivity index (χ2n) is 2.33. The Morgan fingerprint density at radius 2 is 1.53 bits per heavy atom. The fraction of sp³-hybridized carbons (Fsp3) is 0.429. The second-order valence-corrected chi connectivity index (χ2v) is 2.33. The standard InChI is InChI=1S/C7H9N3O5/c1-13-4-5(14-2)8-7(10(11)12)9-6(4)15-3/h1-3H3. The topological polar surface area (TPSA) is 96.6 Å². The largest absolute Gasteiger partial charge is 0.485 e. The molecule has 1 aromatic heterocycles. The SMILES string of the molecule is COc1nc([N+](=O)[O-])nc(OC)c1OC. The van der Waals surface area contributed by atoms with Crippen LogP contribution in [0.25, 0.3) is 0 Å². The van der Waals surface area contributed by atoms with E-state index >= 15 is 0 Å². The number of nitrogens with zero attached hydrogens (tertiary/aromatic N) is 3. The number of ether oxygens (including phenoxy) is 3. The normalized spacial score (nSPS) is 9.53. The monoisotopic (exact) mass is 215 g/mol. The van der Waals surface area contributed by atoms with E-state index in [0.717, 1.165) is 0 Å². The van der Waals surface area contributed by atoms with Gasteiger partial charge >= 0.3 is 17.7 Å². The summed E-state index contributed by atoms with van der Waals surface area (Å²) in [7, 11) is 3.98. The van der Waals surface area contributed by atoms with Gasteiger partial charge in [-0.25, -0.2) is 0 Å². The molecule has 0 saturated heterocycles. The minimum atomic E-state index is -0.746. The Kier molecular flexibility index (Phi) is 3.21. The Morgan fingerprint density at radius 3 is 1.80 bits per heavy atom. The molecule has 8 nitrogen and oxygen atoms in total. The first-order valence-electron chi connectivity index (χ1n) is 3.82. The van der Waals surface area contributed by atoms with Gasteiger partial charge in [0.2, 0.25) is 0 Å². The Labute approximate surface area is 85.0 Å². The molecule has 0 aliphatic rings. The van der Waals surface area contributed by atoms with Crippen molar-refractivity contribution >= 4 is 5.95 Å². The smallest absolute Gasteiger partial charge is 0.476 e. The molecule has 0 aliphatic carbocycles. The molecule has 0 atom stereocenters. The minimum absolute atomic E-state index is 0.0453. The van der Waals surface area contributed by atoms with Crippen LogP contribution in [0.2, 0.25) is 0 Å². The minimum Gasteiger partial charge on any atom is -0.485 e. The first-order chi connectivity index (χ1) is 7.13. The van der Waals surface area contributed by atoms with Gasteiger partial charge in [-0.3, -0.25) is 0 Å². The van der Waals surface area contributed by atoms with Gasteiger partial charge in [0, 0.05) is 0 Å². The van der Waals surface area contributed by atoms with E-state index in [9.17, 15) is 10.1 Å². The summed E-state index contributed by atoms with van der Waals surface area (Å²) in [6.07, 6.45) is 0. The van der Waals surface area contributed by atoms with Crippen molar-refractivity contribution in [3.05, 3.63) is 10.1 Å². The molecule has 0 radical (unpaired) electrons. The number of nitro groups is 1. The highest BCUT2D eigenvalue weighted by Gasteiger charge is 2.25. The van der Waals surface area contributed by atoms with Crippen LogP contribution in [0, 0.1) is 10.1 Å². The lowest BCUT2D eigenvalue weighted by Gasteiger charge is -2.05. The summed E-state index contributed by atoms with van der Waals surface area (Å²) in [5.41, 5.74) is 0. The predicted molar refractivity (Wildman–Crippen MR) is 48.3 cm³/mol. The molecular weight excluding hydrogens is 206 g/mol. The van der Waals surface area contributed by atoms with Gasteiger partial charge < -0.3 is 24.3 Å². The third-order valence-electron chi connectivity index (χ3n) is 1.55. The Hall–Kier alpha value is -2.12. The molecule has 1 rings (SSSR count). The van der Waals surface area contributed by atoms with Crippen LogP contribution in [0.1, 0.15) is 0 Å². The third kappa shape index (κ3) is 2.03. The van der Waals surface area contributed by atoms with Crippen molar-refractivity contribution in [3.63, 3.8) is 0 Å². The van der Waals surface area contributed by atoms with Crippen LogP contribution in [0.15, 0.2) is 0 Å². The number of aromatic nitrogens is 2. The van der Waals surface area contributed by atoms with Crippen molar-refractivity contribution in [3.8, 4) is 17.5 Å². The van der Waals surface area contributed by atoms with Crippen LogP contribution in [0.4, 0.5) is 5.95 Å². The van der Waals surface area contributed by atoms with Crippen LogP contribution >= 0.6 is 0 Å². The highest BCUT2D eigenvalue weighted by molar-refractivity contribution is 5.44. The summed E-state index contributed by atoms with van der Waals surface area (Å²) in [6, 6.07) is 0. The Morgan fingerprint density at radius 1 is 1.07 bits per heavy atom. The molecule has 0 unspecified atom stereocenters. The van der Waals surface area contributed by atoms with E-state index in [4.69, 9.17) is 14.2 Å². The zero-order valence-electron chi connectivity index (χ0n) is 8.38. The van der Waals surface area contributed by atoms with Crippen LogP contribution in [0.3, 0.4) is 0 Å². The van der Waals surface area contributed by atoms with Crippen molar-refractivity contribution < 1.29 is 19.1 Å². The fourth-order valence-electron chi connectivity index (χ4n) is 0.933. The maximum absolute atomic E-state index is 10.5. The number of hydrogen-bond acceptors (Lipinski definition) is 7. The number of rotatable bonds is 4. The lowest BCUT2D eigenvalue weighted by molar-refractivity contribution is -0.394.